The first-order chi connectivity index (χ1) is 17.5. The quantitative estimate of drug-likeness (QED) is 0.0791. The Bertz CT molecular complexity index is 836. The van der Waals surface area contributed by atoms with Gasteiger partial charge in [-0.1, -0.05) is 56.2 Å². The molecule has 38 heavy (non-hydrogen) atoms. The predicted molar refractivity (Wildman–Crippen MR) is 159 cm³/mol. The van der Waals surface area contributed by atoms with Gasteiger partial charge in [0.25, 0.3) is 0 Å². The number of aliphatic hydroxyl groups is 1. The summed E-state index contributed by atoms with van der Waals surface area (Å²) in [6.07, 6.45) is 11.6. The third-order valence-corrected chi connectivity index (χ3v) is 12.3. The molecule has 0 spiro atoms. The average Bonchev–Trinajstić information content (AvgIpc) is 2.79. The van der Waals surface area contributed by atoms with E-state index in [9.17, 15) is 9.90 Å². The number of esters is 1. The normalized spacial score (nSPS) is 22.9. The van der Waals surface area contributed by atoms with Gasteiger partial charge in [-0.25, -0.2) is 0 Å². The molecule has 0 aromatic heterocycles. The molecule has 1 N–H and O–H groups in total. The highest BCUT2D eigenvalue weighted by atomic mass is 28.4. The molecule has 0 aliphatic carbocycles. The fraction of sp³-hybridized carbons (Fsp3) is 0.774. The smallest absolute Gasteiger partial charge is 0.314 e. The number of unbranched alkanes of at least 4 members (excludes halogenated alkanes) is 1. The van der Waals surface area contributed by atoms with Gasteiger partial charge in [-0.05, 0) is 85.4 Å². The number of ether oxygens (including phenoxy) is 3. The Hall–Kier alpha value is -1.25. The molecule has 0 unspecified atom stereocenters. The summed E-state index contributed by atoms with van der Waals surface area (Å²) in [5, 5.41) is 9.67. The van der Waals surface area contributed by atoms with Crippen LogP contribution >= 0.6 is 0 Å². The van der Waals surface area contributed by atoms with Crippen molar-refractivity contribution < 1.29 is 28.5 Å². The van der Waals surface area contributed by atoms with Gasteiger partial charge in [0.15, 0.2) is 14.1 Å². The Morgan fingerprint density at radius 3 is 2.34 bits per heavy atom. The molecule has 7 heteroatoms. The lowest BCUT2D eigenvalue weighted by Crippen LogP contribution is -2.53. The maximum absolute atomic E-state index is 13.1. The van der Waals surface area contributed by atoms with Gasteiger partial charge < -0.3 is 23.7 Å². The summed E-state index contributed by atoms with van der Waals surface area (Å²) < 4.78 is 24.0. The zero-order valence-electron chi connectivity index (χ0n) is 26.1. The van der Waals surface area contributed by atoms with Crippen molar-refractivity contribution in [1.82, 2.24) is 0 Å². The minimum Gasteiger partial charge on any atom is -0.465 e. The molecule has 220 valence electrons. The average molecular weight is 553 g/mol. The first kappa shape index (κ1) is 34.8. The van der Waals surface area contributed by atoms with Crippen molar-refractivity contribution >= 4 is 14.3 Å². The number of carbonyl (C=O) groups excluding carboxylic acids is 1. The third kappa shape index (κ3) is 11.1. The Balaban J connectivity index is 2.80. The lowest BCUT2D eigenvalue weighted by atomic mass is 9.77. The Kier molecular flexibility index (Phi) is 13.7. The van der Waals surface area contributed by atoms with E-state index in [1.54, 1.807) is 0 Å². The van der Waals surface area contributed by atoms with E-state index in [0.29, 0.717) is 32.5 Å². The van der Waals surface area contributed by atoms with Gasteiger partial charge in [0.05, 0.1) is 30.8 Å². The molecule has 1 fully saturated rings. The minimum atomic E-state index is -1.73. The van der Waals surface area contributed by atoms with Crippen molar-refractivity contribution in [1.29, 1.82) is 0 Å². The highest BCUT2D eigenvalue weighted by Crippen LogP contribution is 2.41. The van der Waals surface area contributed by atoms with Crippen LogP contribution in [0.15, 0.2) is 35.5 Å². The summed E-state index contributed by atoms with van der Waals surface area (Å²) in [5.41, 5.74) is 1.52. The summed E-state index contributed by atoms with van der Waals surface area (Å²) >= 11 is 0. The second kappa shape index (κ2) is 14.9. The number of carbonyl (C=O) groups is 1. The van der Waals surface area contributed by atoms with Gasteiger partial charge in [-0.3, -0.25) is 4.79 Å². The second-order valence-corrected chi connectivity index (χ2v) is 17.7. The fourth-order valence-electron chi connectivity index (χ4n) is 4.17. The predicted octanol–water partition coefficient (Wildman–Crippen LogP) is 7.49. The zero-order chi connectivity index (χ0) is 29.2. The molecule has 1 aliphatic rings. The van der Waals surface area contributed by atoms with Crippen LogP contribution in [0.25, 0.3) is 0 Å². The highest BCUT2D eigenvalue weighted by molar-refractivity contribution is 6.74. The largest absolute Gasteiger partial charge is 0.465 e. The topological polar surface area (TPSA) is 74.2 Å². The van der Waals surface area contributed by atoms with Crippen LogP contribution in [0.3, 0.4) is 0 Å². The van der Waals surface area contributed by atoms with Crippen LogP contribution in [0.4, 0.5) is 0 Å². The maximum atomic E-state index is 13.1. The molecule has 0 aromatic rings. The van der Waals surface area contributed by atoms with E-state index in [1.165, 1.54) is 5.57 Å². The summed E-state index contributed by atoms with van der Waals surface area (Å²) in [7, 11) is -1.73. The molecular weight excluding hydrogens is 496 g/mol. The van der Waals surface area contributed by atoms with Gasteiger partial charge in [0.2, 0.25) is 0 Å². The molecule has 0 saturated carbocycles. The molecule has 1 aliphatic heterocycles. The molecule has 0 radical (unpaired) electrons. The fourth-order valence-corrected chi connectivity index (χ4v) is 5.19. The summed E-state index contributed by atoms with van der Waals surface area (Å²) in [4.78, 5) is 13.1. The monoisotopic (exact) mass is 552 g/mol. The van der Waals surface area contributed by atoms with Crippen molar-refractivity contribution in [2.45, 2.75) is 131 Å². The van der Waals surface area contributed by atoms with Gasteiger partial charge in [0, 0.05) is 13.0 Å². The van der Waals surface area contributed by atoms with Crippen LogP contribution < -0.4 is 0 Å². The van der Waals surface area contributed by atoms with E-state index in [4.69, 9.17) is 18.6 Å². The Labute approximate surface area is 234 Å². The number of rotatable bonds is 14. The molecule has 0 aromatic carbocycles. The summed E-state index contributed by atoms with van der Waals surface area (Å²) in [5.74, 6) is -1.10. The standard InChI is InChI=1S/C31H56O6Si/c1-12-34-28(33)31(9,27-22-26(19-21-32)36-30(7,8)37-27)20-18-24(2)16-14-13-15-17-25(3)23-35-38(10,11)29(4,5)6/h14,16-18,26-27,32H,12-13,15,19-23H2,1-11H3/b16-14+,24-18+,25-17+/t26-,27-,31+/m1/s1. The second-order valence-electron chi connectivity index (χ2n) is 12.9. The molecule has 0 amide bonds. The van der Waals surface area contributed by atoms with Gasteiger partial charge >= 0.3 is 5.97 Å². The Morgan fingerprint density at radius 2 is 1.76 bits per heavy atom. The summed E-state index contributed by atoms with van der Waals surface area (Å²) in [6.45, 7) is 24.1. The van der Waals surface area contributed by atoms with Crippen molar-refractivity contribution in [3.63, 3.8) is 0 Å². The van der Waals surface area contributed by atoms with E-state index in [0.717, 1.165) is 18.4 Å². The first-order valence-corrected chi connectivity index (χ1v) is 17.1. The van der Waals surface area contributed by atoms with Crippen molar-refractivity contribution in [3.8, 4) is 0 Å². The summed E-state index contributed by atoms with van der Waals surface area (Å²) in [6, 6.07) is 0. The number of hydrogen-bond donors (Lipinski definition) is 1. The van der Waals surface area contributed by atoms with Crippen molar-refractivity contribution in [2.75, 3.05) is 19.8 Å². The minimum absolute atomic E-state index is 0.0335. The molecule has 6 nitrogen and oxygen atoms in total. The van der Waals surface area contributed by atoms with Gasteiger partial charge in [-0.2, -0.15) is 0 Å². The number of aliphatic hydroxyl groups excluding tert-OH is 1. The number of allylic oxidation sites excluding steroid dienone is 5. The molecule has 1 rings (SSSR count). The van der Waals surface area contributed by atoms with Crippen LogP contribution in [0, 0.1) is 5.41 Å². The SMILES string of the molecule is CCOC(=O)[C@@](C)(C/C=C(C)/C=C/CC/C=C(\C)CO[Si](C)(C)C(C)(C)C)[C@H]1C[C@@H](CCO)OC(C)(C)O1. The lowest BCUT2D eigenvalue weighted by Gasteiger charge is -2.46. The number of hydrogen-bond acceptors (Lipinski definition) is 6. The highest BCUT2D eigenvalue weighted by Gasteiger charge is 2.49. The van der Waals surface area contributed by atoms with Crippen LogP contribution in [-0.2, 0) is 23.4 Å². The molecule has 1 saturated heterocycles. The molecule has 1 heterocycles. The molecular formula is C31H56O6Si. The first-order valence-electron chi connectivity index (χ1n) is 14.2. The zero-order valence-corrected chi connectivity index (χ0v) is 27.1. The van der Waals surface area contributed by atoms with E-state index in [-0.39, 0.29) is 29.8 Å². The van der Waals surface area contributed by atoms with Crippen molar-refractivity contribution in [3.05, 3.63) is 35.5 Å². The van der Waals surface area contributed by atoms with Crippen LogP contribution in [0.2, 0.25) is 18.1 Å². The van der Waals surface area contributed by atoms with E-state index in [2.05, 4.69) is 72.0 Å². The molecule has 3 atom stereocenters. The lowest BCUT2D eigenvalue weighted by molar-refractivity contribution is -0.317. The van der Waals surface area contributed by atoms with Crippen LogP contribution in [0.5, 0.6) is 0 Å². The van der Waals surface area contributed by atoms with Crippen molar-refractivity contribution in [2.24, 2.45) is 5.41 Å². The van der Waals surface area contributed by atoms with E-state index in [1.807, 2.05) is 27.7 Å². The van der Waals surface area contributed by atoms with E-state index >= 15 is 0 Å². The van der Waals surface area contributed by atoms with E-state index < -0.39 is 19.5 Å². The van der Waals surface area contributed by atoms with Gasteiger partial charge in [-0.15, -0.1) is 0 Å². The Morgan fingerprint density at radius 1 is 1.11 bits per heavy atom. The van der Waals surface area contributed by atoms with Gasteiger partial charge in [0.1, 0.15) is 0 Å². The van der Waals surface area contributed by atoms with Crippen LogP contribution in [-0.4, -0.2) is 57.2 Å². The molecule has 0 bridgehead atoms. The maximum Gasteiger partial charge on any atom is 0.314 e. The van der Waals surface area contributed by atoms with Crippen LogP contribution in [0.1, 0.15) is 94.4 Å². The third-order valence-electron chi connectivity index (χ3n) is 7.78.